The van der Waals surface area contributed by atoms with Crippen LogP contribution in [0.2, 0.25) is 5.02 Å². The van der Waals surface area contributed by atoms with Crippen molar-refractivity contribution >= 4 is 23.5 Å². The Labute approximate surface area is 313 Å². The fourth-order valence-electron chi connectivity index (χ4n) is 13.4. The first-order valence-electron chi connectivity index (χ1n) is 20.4. The molecular weight excluding hydrogens is 656 g/mol. The van der Waals surface area contributed by atoms with Gasteiger partial charge in [-0.2, -0.15) is 0 Å². The van der Waals surface area contributed by atoms with Crippen LogP contribution >= 0.6 is 11.6 Å². The van der Waals surface area contributed by atoms with E-state index in [-0.39, 0.29) is 45.6 Å². The Bertz CT molecular complexity index is 1520. The molecule has 282 valence electrons. The number of nitrogens with zero attached hydrogens (tertiary/aromatic N) is 2. The average molecular weight is 721 g/mol. The van der Waals surface area contributed by atoms with Gasteiger partial charge in [0.25, 0.3) is 0 Å². The van der Waals surface area contributed by atoms with Crippen LogP contribution in [0, 0.1) is 56.7 Å². The van der Waals surface area contributed by atoms with Gasteiger partial charge in [-0.3, -0.25) is 14.5 Å². The van der Waals surface area contributed by atoms with Crippen LogP contribution in [0.1, 0.15) is 112 Å². The lowest BCUT2D eigenvalue weighted by Crippen LogP contribution is -2.65. The van der Waals surface area contributed by atoms with E-state index in [1.54, 1.807) is 5.57 Å². The molecule has 7 rings (SSSR count). The van der Waals surface area contributed by atoms with Gasteiger partial charge in [-0.15, -0.1) is 0 Å². The average Bonchev–Trinajstić information content (AvgIpc) is 3.09. The van der Waals surface area contributed by atoms with Gasteiger partial charge >= 0.3 is 5.97 Å². The first-order chi connectivity index (χ1) is 24.1. The third-order valence-electron chi connectivity index (χ3n) is 17.0. The number of hydrogen-bond donors (Lipinski definition) is 1. The Balaban J connectivity index is 1.03. The highest BCUT2D eigenvalue weighted by atomic mass is 35.5. The van der Waals surface area contributed by atoms with Gasteiger partial charge in [0.1, 0.15) is 6.61 Å². The topological polar surface area (TPSA) is 70.1 Å². The minimum Gasteiger partial charge on any atom is -0.464 e. The van der Waals surface area contributed by atoms with Crippen LogP contribution in [-0.4, -0.2) is 72.2 Å². The standard InChI is InChI=1S/C44H65ClN2O4/c1-29-14-19-44(39(50)51-27-26-46-22-24-47(25-23-46)37(49)28-31-8-10-32(45)11-9-31)21-20-42(6)33(38(44)30(29)2)12-13-35-41(5)17-16-36(48)40(3,4)34(41)15-18-43(35,42)7/h8-12,29-30,34-36,38,48H,13-28H2,1-7H3/t29-,30+,34+,35-,36+,38+,41+,42-,43-,44+/m1/s1. The number of amides is 1. The molecular formula is C44H65ClN2O4. The van der Waals surface area contributed by atoms with E-state index in [2.05, 4.69) is 59.4 Å². The number of carbonyl (C=O) groups excluding carboxylic acids is 2. The molecule has 5 aliphatic carbocycles. The van der Waals surface area contributed by atoms with Crippen molar-refractivity contribution in [1.29, 1.82) is 0 Å². The Morgan fingerprint density at radius 3 is 2.29 bits per heavy atom. The smallest absolute Gasteiger partial charge is 0.312 e. The molecule has 10 atom stereocenters. The van der Waals surface area contributed by atoms with Crippen molar-refractivity contribution in [2.75, 3.05) is 39.3 Å². The summed E-state index contributed by atoms with van der Waals surface area (Å²) in [7, 11) is 0. The first kappa shape index (κ1) is 37.4. The number of aliphatic hydroxyl groups is 1. The van der Waals surface area contributed by atoms with Crippen LogP contribution in [0.5, 0.6) is 0 Å². The number of esters is 1. The number of hydrogen-bond acceptors (Lipinski definition) is 5. The van der Waals surface area contributed by atoms with Crippen LogP contribution in [0.4, 0.5) is 0 Å². The zero-order chi connectivity index (χ0) is 36.6. The minimum atomic E-state index is -0.439. The first-order valence-corrected chi connectivity index (χ1v) is 20.7. The molecule has 6 nitrogen and oxygen atoms in total. The molecule has 0 bridgehead atoms. The molecule has 0 unspecified atom stereocenters. The van der Waals surface area contributed by atoms with E-state index < -0.39 is 5.41 Å². The summed E-state index contributed by atoms with van der Waals surface area (Å²) in [6, 6.07) is 7.52. The molecule has 1 aromatic rings. The lowest BCUT2D eigenvalue weighted by atomic mass is 9.33. The van der Waals surface area contributed by atoms with Gasteiger partial charge in [0.05, 0.1) is 17.9 Å². The molecule has 5 fully saturated rings. The Hall–Kier alpha value is -1.89. The van der Waals surface area contributed by atoms with Gasteiger partial charge in [0.15, 0.2) is 0 Å². The van der Waals surface area contributed by atoms with Gasteiger partial charge in [0.2, 0.25) is 5.91 Å². The predicted octanol–water partition coefficient (Wildman–Crippen LogP) is 8.59. The number of allylic oxidation sites excluding steroid dienone is 2. The quantitative estimate of drug-likeness (QED) is 0.236. The Kier molecular flexibility index (Phi) is 9.87. The van der Waals surface area contributed by atoms with Crippen molar-refractivity contribution in [3.63, 3.8) is 0 Å². The molecule has 0 spiro atoms. The second-order valence-electron chi connectivity index (χ2n) is 19.3. The van der Waals surface area contributed by atoms with E-state index >= 15 is 0 Å². The molecule has 4 saturated carbocycles. The van der Waals surface area contributed by atoms with Crippen molar-refractivity contribution in [2.24, 2.45) is 56.7 Å². The zero-order valence-corrected chi connectivity index (χ0v) is 33.4. The highest BCUT2D eigenvalue weighted by Gasteiger charge is 2.69. The zero-order valence-electron chi connectivity index (χ0n) is 32.6. The van der Waals surface area contributed by atoms with Crippen LogP contribution in [0.3, 0.4) is 0 Å². The summed E-state index contributed by atoms with van der Waals surface area (Å²) in [5.74, 6) is 2.57. The van der Waals surface area contributed by atoms with Crippen LogP contribution in [0.15, 0.2) is 35.9 Å². The fourth-order valence-corrected chi connectivity index (χ4v) is 13.5. The van der Waals surface area contributed by atoms with Crippen LogP contribution in [0.25, 0.3) is 0 Å². The summed E-state index contributed by atoms with van der Waals surface area (Å²) in [6.45, 7) is 21.4. The largest absolute Gasteiger partial charge is 0.464 e. The van der Waals surface area contributed by atoms with Gasteiger partial charge in [-0.05, 0) is 127 Å². The van der Waals surface area contributed by atoms with E-state index in [0.717, 1.165) is 63.6 Å². The second kappa shape index (κ2) is 13.4. The number of carbonyl (C=O) groups is 2. The molecule has 1 aliphatic heterocycles. The Morgan fingerprint density at radius 2 is 1.59 bits per heavy atom. The summed E-state index contributed by atoms with van der Waals surface area (Å²) in [5, 5.41) is 11.8. The van der Waals surface area contributed by atoms with Crippen LogP contribution in [-0.2, 0) is 20.7 Å². The van der Waals surface area contributed by atoms with E-state index in [1.807, 2.05) is 29.2 Å². The molecule has 0 radical (unpaired) electrons. The molecule has 7 heteroatoms. The molecule has 1 heterocycles. The Morgan fingerprint density at radius 1 is 0.882 bits per heavy atom. The maximum Gasteiger partial charge on any atom is 0.312 e. The third-order valence-corrected chi connectivity index (χ3v) is 17.3. The van der Waals surface area contributed by atoms with Gasteiger partial charge in [-0.1, -0.05) is 83.8 Å². The van der Waals surface area contributed by atoms with E-state index in [9.17, 15) is 14.7 Å². The van der Waals surface area contributed by atoms with Crippen molar-refractivity contribution in [1.82, 2.24) is 9.80 Å². The number of halogens is 1. The normalized spacial score (nSPS) is 42.1. The highest BCUT2D eigenvalue weighted by Crippen LogP contribution is 2.75. The summed E-state index contributed by atoms with van der Waals surface area (Å²) in [5.41, 5.74) is 2.53. The number of aliphatic hydroxyl groups excluding tert-OH is 1. The van der Waals surface area contributed by atoms with Crippen molar-refractivity contribution in [2.45, 2.75) is 119 Å². The minimum absolute atomic E-state index is 0.0388. The van der Waals surface area contributed by atoms with Crippen LogP contribution < -0.4 is 0 Å². The fraction of sp³-hybridized carbons (Fsp3) is 0.773. The van der Waals surface area contributed by atoms with E-state index in [1.165, 1.54) is 12.8 Å². The number of rotatable bonds is 6. The second-order valence-corrected chi connectivity index (χ2v) is 19.8. The lowest BCUT2D eigenvalue weighted by molar-refractivity contribution is -0.207. The third kappa shape index (κ3) is 5.95. The van der Waals surface area contributed by atoms with Gasteiger partial charge < -0.3 is 14.7 Å². The summed E-state index contributed by atoms with van der Waals surface area (Å²) < 4.78 is 6.33. The van der Waals surface area contributed by atoms with Crippen molar-refractivity contribution in [3.8, 4) is 0 Å². The summed E-state index contributed by atoms with van der Waals surface area (Å²) >= 11 is 6.02. The van der Waals surface area contributed by atoms with Gasteiger partial charge in [0, 0.05) is 37.7 Å². The van der Waals surface area contributed by atoms with E-state index in [0.29, 0.717) is 61.4 Å². The molecule has 1 aromatic carbocycles. The molecule has 1 amide bonds. The SMILES string of the molecule is C[C@H]1[C@H](C)CC[C@]2(C(=O)OCCN3CCN(C(=O)Cc4ccc(Cl)cc4)CC3)CC[C@]3(C)C(=CC[C@@H]4[C@@]5(C)CC[C@H](O)C(C)(C)[C@@H]5CC[C@]43C)[C@H]12. The monoisotopic (exact) mass is 720 g/mol. The maximum absolute atomic E-state index is 14.5. The highest BCUT2D eigenvalue weighted by molar-refractivity contribution is 6.30. The molecule has 6 aliphatic rings. The molecule has 1 saturated heterocycles. The summed E-state index contributed by atoms with van der Waals surface area (Å²) in [4.78, 5) is 31.8. The van der Waals surface area contributed by atoms with E-state index in [4.69, 9.17) is 16.3 Å². The number of fused-ring (bicyclic) bond motifs is 7. The molecule has 1 N–H and O–H groups in total. The maximum atomic E-state index is 14.5. The molecule has 51 heavy (non-hydrogen) atoms. The van der Waals surface area contributed by atoms with Crippen molar-refractivity contribution in [3.05, 3.63) is 46.5 Å². The number of ether oxygens (including phenoxy) is 1. The number of piperazine rings is 1. The predicted molar refractivity (Wildman–Crippen MR) is 204 cm³/mol. The number of benzene rings is 1. The van der Waals surface area contributed by atoms with Crippen molar-refractivity contribution < 1.29 is 19.4 Å². The summed E-state index contributed by atoms with van der Waals surface area (Å²) in [6.07, 6.45) is 12.3. The van der Waals surface area contributed by atoms with Gasteiger partial charge in [-0.25, -0.2) is 0 Å². The lowest BCUT2D eigenvalue weighted by Gasteiger charge is -2.71. The molecule has 0 aromatic heterocycles.